The fraction of sp³-hybridized carbons (Fsp3) is 0.620. The van der Waals surface area contributed by atoms with E-state index in [1.807, 2.05) is 0 Å². The topological polar surface area (TPSA) is 78.9 Å². The predicted octanol–water partition coefficient (Wildman–Crippen LogP) is 21.5. The maximum atomic E-state index is 12.9. The molecule has 0 rings (SSSR count). The van der Waals surface area contributed by atoms with E-state index in [1.165, 1.54) is 103 Å². The van der Waals surface area contributed by atoms with Crippen LogP contribution >= 0.6 is 0 Å². The average molecular weight is 1060 g/mol. The first-order chi connectivity index (χ1) is 38.0. The van der Waals surface area contributed by atoms with Gasteiger partial charge in [0.1, 0.15) is 13.2 Å². The lowest BCUT2D eigenvalue weighted by Crippen LogP contribution is -2.30. The maximum Gasteiger partial charge on any atom is 0.306 e. The second kappa shape index (κ2) is 63.8. The molecular formula is C71H114O6. The lowest BCUT2D eigenvalue weighted by Gasteiger charge is -2.18. The van der Waals surface area contributed by atoms with Gasteiger partial charge in [0.25, 0.3) is 0 Å². The minimum atomic E-state index is -0.833. The third kappa shape index (κ3) is 62.0. The summed E-state index contributed by atoms with van der Waals surface area (Å²) in [5.41, 5.74) is 0. The van der Waals surface area contributed by atoms with Gasteiger partial charge in [0.15, 0.2) is 6.10 Å². The van der Waals surface area contributed by atoms with Gasteiger partial charge in [-0.2, -0.15) is 0 Å². The van der Waals surface area contributed by atoms with E-state index >= 15 is 0 Å². The molecule has 6 nitrogen and oxygen atoms in total. The molecule has 0 fully saturated rings. The van der Waals surface area contributed by atoms with Crippen molar-refractivity contribution >= 4 is 17.9 Å². The Morgan fingerprint density at radius 1 is 0.273 bits per heavy atom. The highest BCUT2D eigenvalue weighted by molar-refractivity contribution is 5.71. The Balaban J connectivity index is 4.43. The molecule has 0 aromatic rings. The van der Waals surface area contributed by atoms with E-state index in [2.05, 4.69) is 167 Å². The SMILES string of the molecule is CC/C=C\C/C=C\C/C=C\C/C=C\C/C=C\CCCC(=O)OC(COC(=O)CCCC/C=C\C/C=C\C/C=C\C/C=C\CC)COC(=O)CCCCCCCCCCCCCC/C=C\C/C=C\C/C=C\CCCCCCC. The first-order valence-corrected chi connectivity index (χ1v) is 31.3. The molecule has 0 N–H and O–H groups in total. The molecule has 0 aromatic carbocycles. The third-order valence-electron chi connectivity index (χ3n) is 12.8. The van der Waals surface area contributed by atoms with Gasteiger partial charge in [0.05, 0.1) is 0 Å². The zero-order valence-corrected chi connectivity index (χ0v) is 49.7. The highest BCUT2D eigenvalue weighted by Crippen LogP contribution is 2.15. The van der Waals surface area contributed by atoms with Crippen LogP contribution in [0.3, 0.4) is 0 Å². The van der Waals surface area contributed by atoms with Gasteiger partial charge in [-0.05, 0) is 135 Å². The molecule has 1 atom stereocenters. The first kappa shape index (κ1) is 72.3. The van der Waals surface area contributed by atoms with E-state index in [1.54, 1.807) is 0 Å². The van der Waals surface area contributed by atoms with E-state index < -0.39 is 6.10 Å². The van der Waals surface area contributed by atoms with Crippen molar-refractivity contribution < 1.29 is 28.6 Å². The largest absolute Gasteiger partial charge is 0.462 e. The van der Waals surface area contributed by atoms with Crippen LogP contribution in [0.2, 0.25) is 0 Å². The quantitative estimate of drug-likeness (QED) is 0.0261. The molecule has 0 bridgehead atoms. The zero-order chi connectivity index (χ0) is 55.7. The summed E-state index contributed by atoms with van der Waals surface area (Å²) in [6.45, 7) is 6.31. The van der Waals surface area contributed by atoms with Crippen molar-refractivity contribution in [3.05, 3.63) is 146 Å². The Morgan fingerprint density at radius 2 is 0.519 bits per heavy atom. The van der Waals surface area contributed by atoms with Crippen molar-refractivity contribution in [2.24, 2.45) is 0 Å². The number of ether oxygens (including phenoxy) is 3. The highest BCUT2D eigenvalue weighted by atomic mass is 16.6. The average Bonchev–Trinajstić information content (AvgIpc) is 3.43. The first-order valence-electron chi connectivity index (χ1n) is 31.3. The van der Waals surface area contributed by atoms with E-state index in [4.69, 9.17) is 14.2 Å². The Kier molecular flexibility index (Phi) is 59.9. The van der Waals surface area contributed by atoms with Crippen LogP contribution in [-0.2, 0) is 28.6 Å². The molecule has 6 heteroatoms. The Morgan fingerprint density at radius 3 is 0.857 bits per heavy atom. The molecule has 434 valence electrons. The summed E-state index contributed by atoms with van der Waals surface area (Å²) >= 11 is 0. The van der Waals surface area contributed by atoms with E-state index in [0.29, 0.717) is 19.3 Å². The standard InChI is InChI=1S/C71H114O6/c1-4-7-10-13-16-19-22-25-28-30-31-32-33-34-35-36-37-38-39-41-43-46-49-52-55-58-61-64-70(73)76-67-68(66-75-69(72)63-60-57-54-51-48-45-42-27-24-21-18-15-12-9-6-3)77-71(74)65-62-59-56-53-50-47-44-40-29-26-23-20-17-14-11-8-5-2/h8-9,11-12,17-18,20-22,25-27,29-31,33-34,42,44,47-48,51,53,56,68H,4-7,10,13-16,19,23-24,28,32,35-41,43,45-46,49-50,52,54-55,57-67H2,1-3H3/b11-8-,12-9-,20-17-,21-18-,25-22-,29-26-,31-30-,34-33-,42-27-,47-44-,51-48-,56-53-. The predicted molar refractivity (Wildman–Crippen MR) is 334 cm³/mol. The zero-order valence-electron chi connectivity index (χ0n) is 49.7. The molecule has 0 amide bonds. The summed E-state index contributed by atoms with van der Waals surface area (Å²) in [6.07, 6.45) is 91.5. The van der Waals surface area contributed by atoms with Crippen LogP contribution in [-0.4, -0.2) is 37.2 Å². The van der Waals surface area contributed by atoms with Crippen molar-refractivity contribution in [3.63, 3.8) is 0 Å². The number of hydrogen-bond donors (Lipinski definition) is 0. The number of carbonyl (C=O) groups is 3. The molecule has 77 heavy (non-hydrogen) atoms. The summed E-state index contributed by atoms with van der Waals surface area (Å²) in [4.78, 5) is 38.2. The smallest absolute Gasteiger partial charge is 0.306 e. The fourth-order valence-electron chi connectivity index (χ4n) is 8.18. The Bertz CT molecular complexity index is 1700. The van der Waals surface area contributed by atoms with Crippen molar-refractivity contribution in [3.8, 4) is 0 Å². The van der Waals surface area contributed by atoms with E-state index in [-0.39, 0.29) is 44.0 Å². The van der Waals surface area contributed by atoms with Gasteiger partial charge in [-0.25, -0.2) is 0 Å². The Hall–Kier alpha value is -4.71. The van der Waals surface area contributed by atoms with Crippen molar-refractivity contribution in [2.45, 2.75) is 271 Å². The summed E-state index contributed by atoms with van der Waals surface area (Å²) in [5, 5.41) is 0. The number of allylic oxidation sites excluding steroid dienone is 24. The van der Waals surface area contributed by atoms with Crippen molar-refractivity contribution in [1.82, 2.24) is 0 Å². The van der Waals surface area contributed by atoms with Crippen LogP contribution in [0.1, 0.15) is 265 Å². The third-order valence-corrected chi connectivity index (χ3v) is 12.8. The van der Waals surface area contributed by atoms with Crippen LogP contribution in [0.15, 0.2) is 146 Å². The number of unbranched alkanes of at least 4 members (excludes halogenated alkanes) is 20. The molecule has 0 saturated carbocycles. The minimum absolute atomic E-state index is 0.120. The molecule has 0 aliphatic heterocycles. The number of rotatable bonds is 55. The van der Waals surface area contributed by atoms with Gasteiger partial charge in [-0.15, -0.1) is 0 Å². The molecule has 0 aromatic heterocycles. The van der Waals surface area contributed by atoms with Gasteiger partial charge < -0.3 is 14.2 Å². The Labute approximate surface area is 474 Å². The van der Waals surface area contributed by atoms with Crippen LogP contribution in [0.5, 0.6) is 0 Å². The highest BCUT2D eigenvalue weighted by Gasteiger charge is 2.19. The molecule has 0 heterocycles. The summed E-state index contributed by atoms with van der Waals surface area (Å²) < 4.78 is 16.8. The molecule has 0 spiro atoms. The van der Waals surface area contributed by atoms with Crippen LogP contribution in [0, 0.1) is 0 Å². The van der Waals surface area contributed by atoms with Crippen LogP contribution in [0.4, 0.5) is 0 Å². The summed E-state index contributed by atoms with van der Waals surface area (Å²) in [5.74, 6) is -1.03. The minimum Gasteiger partial charge on any atom is -0.462 e. The van der Waals surface area contributed by atoms with E-state index in [0.717, 1.165) is 109 Å². The monoisotopic (exact) mass is 1060 g/mol. The molecule has 1 unspecified atom stereocenters. The van der Waals surface area contributed by atoms with E-state index in [9.17, 15) is 14.4 Å². The second-order valence-corrected chi connectivity index (χ2v) is 20.2. The number of carbonyl (C=O) groups excluding carboxylic acids is 3. The maximum absolute atomic E-state index is 12.9. The summed E-state index contributed by atoms with van der Waals surface area (Å²) in [6, 6.07) is 0. The summed E-state index contributed by atoms with van der Waals surface area (Å²) in [7, 11) is 0. The molecule has 0 aliphatic carbocycles. The van der Waals surface area contributed by atoms with Gasteiger partial charge in [-0.1, -0.05) is 256 Å². The fourth-order valence-corrected chi connectivity index (χ4v) is 8.18. The number of esters is 3. The molecule has 0 aliphatic rings. The molecular weight excluding hydrogens is 949 g/mol. The van der Waals surface area contributed by atoms with Gasteiger partial charge in [-0.3, -0.25) is 14.4 Å². The normalized spacial score (nSPS) is 13.1. The van der Waals surface area contributed by atoms with Gasteiger partial charge in [0.2, 0.25) is 0 Å². The lowest BCUT2D eigenvalue weighted by molar-refractivity contribution is -0.167. The van der Waals surface area contributed by atoms with Crippen molar-refractivity contribution in [2.75, 3.05) is 13.2 Å². The lowest BCUT2D eigenvalue weighted by atomic mass is 10.0. The van der Waals surface area contributed by atoms with Crippen LogP contribution < -0.4 is 0 Å². The molecule has 0 radical (unpaired) electrons. The van der Waals surface area contributed by atoms with Gasteiger partial charge >= 0.3 is 17.9 Å². The van der Waals surface area contributed by atoms with Crippen molar-refractivity contribution in [1.29, 1.82) is 0 Å². The van der Waals surface area contributed by atoms with Crippen LogP contribution in [0.25, 0.3) is 0 Å². The molecule has 0 saturated heterocycles. The second-order valence-electron chi connectivity index (χ2n) is 20.2. The van der Waals surface area contributed by atoms with Gasteiger partial charge in [0, 0.05) is 19.3 Å². The number of hydrogen-bond acceptors (Lipinski definition) is 6.